The monoisotopic (exact) mass is 345 g/mol. The Hall–Kier alpha value is -1.21. The van der Waals surface area contributed by atoms with E-state index in [4.69, 9.17) is 16.3 Å². The lowest BCUT2D eigenvalue weighted by molar-refractivity contribution is 0.0241. The van der Waals surface area contributed by atoms with Gasteiger partial charge in [-0.15, -0.1) is 10.2 Å². The van der Waals surface area contributed by atoms with Crippen LogP contribution in [0.3, 0.4) is 0 Å². The Kier molecular flexibility index (Phi) is 5.39. The molecule has 2 rings (SSSR count). The van der Waals surface area contributed by atoms with Gasteiger partial charge in [-0.3, -0.25) is 4.21 Å². The number of nitrogens with zero attached hydrogens (tertiary/aromatic N) is 3. The van der Waals surface area contributed by atoms with Gasteiger partial charge in [0.1, 0.15) is 10.6 Å². The Bertz CT molecular complexity index is 559. The Morgan fingerprint density at radius 2 is 2.18 bits per heavy atom. The van der Waals surface area contributed by atoms with Gasteiger partial charge in [0.15, 0.2) is 5.15 Å². The molecule has 22 heavy (non-hydrogen) atoms. The van der Waals surface area contributed by atoms with E-state index in [0.29, 0.717) is 17.3 Å². The molecule has 0 N–H and O–H groups in total. The van der Waals surface area contributed by atoms with Gasteiger partial charge >= 0.3 is 6.09 Å². The molecule has 2 heterocycles. The number of rotatable bonds is 3. The quantitative estimate of drug-likeness (QED) is 0.842. The van der Waals surface area contributed by atoms with Crippen molar-refractivity contribution in [2.75, 3.05) is 12.3 Å². The summed E-state index contributed by atoms with van der Waals surface area (Å²) in [5, 5.41) is 8.16. The molecule has 2 atom stereocenters. The predicted molar refractivity (Wildman–Crippen MR) is 84.3 cm³/mol. The van der Waals surface area contributed by atoms with E-state index in [0.717, 1.165) is 12.8 Å². The Morgan fingerprint density at radius 1 is 1.45 bits per heavy atom. The van der Waals surface area contributed by atoms with Gasteiger partial charge < -0.3 is 9.64 Å². The summed E-state index contributed by atoms with van der Waals surface area (Å²) in [6.45, 7) is 6.12. The van der Waals surface area contributed by atoms with Crippen LogP contribution in [0.2, 0.25) is 5.15 Å². The molecule has 1 aromatic heterocycles. The van der Waals surface area contributed by atoms with E-state index in [9.17, 15) is 9.00 Å². The molecule has 1 aliphatic rings. The molecule has 1 saturated heterocycles. The van der Waals surface area contributed by atoms with Crippen molar-refractivity contribution in [3.8, 4) is 0 Å². The summed E-state index contributed by atoms with van der Waals surface area (Å²) in [4.78, 5) is 13.9. The SMILES string of the molecule is CC(C)(C)OC(=O)N1CCC[C@@H]1C[S@@](=O)c1ccc(Cl)nn1. The van der Waals surface area contributed by atoms with Gasteiger partial charge in [0.2, 0.25) is 0 Å². The van der Waals surface area contributed by atoms with E-state index in [1.165, 1.54) is 0 Å². The maximum absolute atomic E-state index is 12.4. The smallest absolute Gasteiger partial charge is 0.410 e. The molecule has 8 heteroatoms. The summed E-state index contributed by atoms with van der Waals surface area (Å²) in [6.07, 6.45) is 1.34. The van der Waals surface area contributed by atoms with Crippen LogP contribution in [0.5, 0.6) is 0 Å². The summed E-state index contributed by atoms with van der Waals surface area (Å²) in [6, 6.07) is 3.05. The normalized spacial score (nSPS) is 20.0. The molecule has 1 aromatic rings. The average molecular weight is 346 g/mol. The largest absolute Gasteiger partial charge is 0.444 e. The first-order valence-corrected chi connectivity index (χ1v) is 8.83. The molecule has 122 valence electrons. The average Bonchev–Trinajstić information content (AvgIpc) is 2.85. The van der Waals surface area contributed by atoms with Crippen molar-refractivity contribution in [3.05, 3.63) is 17.3 Å². The minimum Gasteiger partial charge on any atom is -0.444 e. The summed E-state index contributed by atoms with van der Waals surface area (Å²) in [5.74, 6) is 0.329. The van der Waals surface area contributed by atoms with Crippen LogP contribution in [0.15, 0.2) is 17.2 Å². The second-order valence-corrected chi connectivity index (χ2v) is 8.01. The highest BCUT2D eigenvalue weighted by Gasteiger charge is 2.33. The number of aromatic nitrogens is 2. The van der Waals surface area contributed by atoms with Crippen molar-refractivity contribution in [1.29, 1.82) is 0 Å². The number of halogens is 1. The molecule has 0 spiro atoms. The first-order chi connectivity index (χ1) is 10.3. The summed E-state index contributed by atoms with van der Waals surface area (Å²) < 4.78 is 17.7. The van der Waals surface area contributed by atoms with Crippen LogP contribution in [0.25, 0.3) is 0 Å². The topological polar surface area (TPSA) is 72.4 Å². The van der Waals surface area contributed by atoms with Crippen LogP contribution in [-0.2, 0) is 15.5 Å². The number of hydrogen-bond acceptors (Lipinski definition) is 5. The summed E-state index contributed by atoms with van der Waals surface area (Å²) in [7, 11) is -1.32. The zero-order valence-corrected chi connectivity index (χ0v) is 14.5. The fourth-order valence-electron chi connectivity index (χ4n) is 2.26. The minimum absolute atomic E-state index is 0.104. The van der Waals surface area contributed by atoms with Gasteiger partial charge in [-0.2, -0.15) is 0 Å². The van der Waals surface area contributed by atoms with Gasteiger partial charge in [-0.05, 0) is 45.7 Å². The second kappa shape index (κ2) is 6.91. The number of carbonyl (C=O) groups is 1. The third-order valence-electron chi connectivity index (χ3n) is 3.19. The Morgan fingerprint density at radius 3 is 2.77 bits per heavy atom. The molecule has 1 amide bonds. The molecular formula is C14H20ClN3O3S. The number of ether oxygens (including phenoxy) is 1. The number of hydrogen-bond donors (Lipinski definition) is 0. The minimum atomic E-state index is -1.32. The van der Waals surface area contributed by atoms with Gasteiger partial charge in [0, 0.05) is 12.6 Å². The van der Waals surface area contributed by atoms with Crippen LogP contribution in [-0.4, -0.2) is 49.3 Å². The van der Waals surface area contributed by atoms with Crippen molar-refractivity contribution < 1.29 is 13.7 Å². The lowest BCUT2D eigenvalue weighted by atomic mass is 10.2. The van der Waals surface area contributed by atoms with E-state index in [1.807, 2.05) is 20.8 Å². The van der Waals surface area contributed by atoms with Gasteiger partial charge in [-0.25, -0.2) is 4.79 Å². The third-order valence-corrected chi connectivity index (χ3v) is 4.76. The van der Waals surface area contributed by atoms with Crippen LogP contribution < -0.4 is 0 Å². The second-order valence-electron chi connectivity index (χ2n) is 6.18. The fourth-order valence-corrected chi connectivity index (χ4v) is 3.57. The first-order valence-electron chi connectivity index (χ1n) is 7.13. The summed E-state index contributed by atoms with van der Waals surface area (Å²) in [5.41, 5.74) is -0.537. The van der Waals surface area contributed by atoms with E-state index in [-0.39, 0.29) is 17.3 Å². The van der Waals surface area contributed by atoms with Crippen LogP contribution in [0.1, 0.15) is 33.6 Å². The fraction of sp³-hybridized carbons (Fsp3) is 0.643. The molecule has 0 saturated carbocycles. The molecular weight excluding hydrogens is 326 g/mol. The molecule has 0 bridgehead atoms. The number of likely N-dealkylation sites (tertiary alicyclic amines) is 1. The highest BCUT2D eigenvalue weighted by Crippen LogP contribution is 2.22. The molecule has 0 radical (unpaired) electrons. The molecule has 6 nitrogen and oxygen atoms in total. The number of amides is 1. The van der Waals surface area contributed by atoms with Crippen molar-refractivity contribution in [1.82, 2.24) is 15.1 Å². The van der Waals surface area contributed by atoms with Crippen molar-refractivity contribution in [3.63, 3.8) is 0 Å². The molecule has 1 aliphatic heterocycles. The van der Waals surface area contributed by atoms with Crippen LogP contribution in [0, 0.1) is 0 Å². The van der Waals surface area contributed by atoms with Gasteiger partial charge in [0.05, 0.1) is 16.6 Å². The lowest BCUT2D eigenvalue weighted by Crippen LogP contribution is -2.42. The van der Waals surface area contributed by atoms with E-state index in [2.05, 4.69) is 10.2 Å². The summed E-state index contributed by atoms with van der Waals surface area (Å²) >= 11 is 5.67. The highest BCUT2D eigenvalue weighted by atomic mass is 35.5. The molecule has 0 unspecified atom stereocenters. The lowest BCUT2D eigenvalue weighted by Gasteiger charge is -2.28. The van der Waals surface area contributed by atoms with E-state index >= 15 is 0 Å². The van der Waals surface area contributed by atoms with Gasteiger partial charge in [-0.1, -0.05) is 11.6 Å². The van der Waals surface area contributed by atoms with Gasteiger partial charge in [0.25, 0.3) is 0 Å². The zero-order valence-electron chi connectivity index (χ0n) is 12.9. The van der Waals surface area contributed by atoms with Crippen molar-refractivity contribution in [2.45, 2.75) is 50.3 Å². The van der Waals surface area contributed by atoms with Crippen molar-refractivity contribution in [2.24, 2.45) is 0 Å². The standard InChI is InChI=1S/C14H20ClN3O3S/c1-14(2,3)21-13(19)18-8-4-5-10(18)9-22(20)12-7-6-11(15)16-17-12/h6-7,10H,4-5,8-9H2,1-3H3/t10-,22-/m1/s1. The van der Waals surface area contributed by atoms with Crippen LogP contribution >= 0.6 is 11.6 Å². The number of carbonyl (C=O) groups excluding carboxylic acids is 1. The molecule has 0 aliphatic carbocycles. The zero-order chi connectivity index (χ0) is 16.3. The van der Waals surface area contributed by atoms with E-state index in [1.54, 1.807) is 17.0 Å². The molecule has 1 fully saturated rings. The van der Waals surface area contributed by atoms with Crippen molar-refractivity contribution >= 4 is 28.5 Å². The maximum Gasteiger partial charge on any atom is 0.410 e. The predicted octanol–water partition coefficient (Wildman–Crippen LogP) is 2.64. The Labute approximate surface area is 137 Å². The van der Waals surface area contributed by atoms with E-state index < -0.39 is 16.4 Å². The Balaban J connectivity index is 2.00. The first kappa shape index (κ1) is 17.1. The third kappa shape index (κ3) is 4.64. The van der Waals surface area contributed by atoms with Crippen LogP contribution in [0.4, 0.5) is 4.79 Å². The maximum atomic E-state index is 12.4. The molecule has 0 aromatic carbocycles. The highest BCUT2D eigenvalue weighted by molar-refractivity contribution is 7.85.